The summed E-state index contributed by atoms with van der Waals surface area (Å²) in [6, 6.07) is 19.7. The fourth-order valence-corrected chi connectivity index (χ4v) is 3.77. The van der Waals surface area contributed by atoms with E-state index in [4.69, 9.17) is 0 Å². The molecule has 0 unspecified atom stereocenters. The average molecular weight is 385 g/mol. The highest BCUT2D eigenvalue weighted by Crippen LogP contribution is 2.32. The zero-order valence-electron chi connectivity index (χ0n) is 16.6. The van der Waals surface area contributed by atoms with E-state index in [1.165, 1.54) is 0 Å². The van der Waals surface area contributed by atoms with Crippen molar-refractivity contribution >= 4 is 17.5 Å². The molecule has 29 heavy (non-hydrogen) atoms. The number of hydrogen-bond acceptors (Lipinski definition) is 3. The topological polar surface area (TPSA) is 53.5 Å². The molecule has 3 aromatic rings. The average Bonchev–Trinajstić information content (AvgIpc) is 2.75. The summed E-state index contributed by atoms with van der Waals surface area (Å²) in [6.45, 7) is 4.37. The number of rotatable bonds is 3. The van der Waals surface area contributed by atoms with E-state index in [0.717, 1.165) is 22.4 Å². The maximum atomic E-state index is 13.1. The van der Waals surface area contributed by atoms with Gasteiger partial charge in [0.15, 0.2) is 0 Å². The molecule has 1 atom stereocenters. The number of para-hydroxylation sites is 1. The molecule has 0 aliphatic carbocycles. The molecule has 5 heteroatoms. The lowest BCUT2D eigenvalue weighted by Gasteiger charge is -2.40. The minimum absolute atomic E-state index is 0.0530. The lowest BCUT2D eigenvalue weighted by atomic mass is 10.0. The van der Waals surface area contributed by atoms with Crippen molar-refractivity contribution in [2.45, 2.75) is 19.9 Å². The number of pyridine rings is 1. The van der Waals surface area contributed by atoms with Crippen LogP contribution >= 0.6 is 0 Å². The molecule has 2 aromatic carbocycles. The summed E-state index contributed by atoms with van der Waals surface area (Å²) in [5, 5.41) is 0. The van der Waals surface area contributed by atoms with Crippen LogP contribution in [0.1, 0.15) is 22.8 Å². The van der Waals surface area contributed by atoms with E-state index in [1.807, 2.05) is 74.5 Å². The number of benzene rings is 2. The number of carbonyl (C=O) groups excluding carboxylic acids is 2. The third kappa shape index (κ3) is 3.63. The molecule has 1 aliphatic heterocycles. The number of nitrogens with zero attached hydrogens (tertiary/aromatic N) is 3. The molecule has 0 bridgehead atoms. The maximum absolute atomic E-state index is 13.1. The van der Waals surface area contributed by atoms with Crippen molar-refractivity contribution in [2.24, 2.45) is 0 Å². The quantitative estimate of drug-likeness (QED) is 0.686. The maximum Gasteiger partial charge on any atom is 0.256 e. The lowest BCUT2D eigenvalue weighted by molar-refractivity contribution is -0.121. The summed E-state index contributed by atoms with van der Waals surface area (Å²) in [5.74, 6) is -0.228. The van der Waals surface area contributed by atoms with E-state index in [-0.39, 0.29) is 24.4 Å². The SMILES string of the molecule is Cc1ccncc1C(=O)N1CC(=O)N(c2ccccc2-c2ccccc2)C[C@H]1C. The molecule has 1 aromatic heterocycles. The highest BCUT2D eigenvalue weighted by atomic mass is 16.2. The standard InChI is InChI=1S/C24H23N3O2/c1-17-12-13-25-14-21(17)24(29)26-16-23(28)27(15-18(26)2)22-11-7-6-10-20(22)19-8-4-3-5-9-19/h3-14,18H,15-16H2,1-2H3/t18-/m1/s1. The Balaban J connectivity index is 1.62. The van der Waals surface area contributed by atoms with Crippen molar-refractivity contribution in [1.29, 1.82) is 0 Å². The first-order chi connectivity index (χ1) is 14.1. The summed E-state index contributed by atoms with van der Waals surface area (Å²) in [7, 11) is 0. The van der Waals surface area contributed by atoms with Crippen LogP contribution in [-0.2, 0) is 4.79 Å². The largest absolute Gasteiger partial charge is 0.325 e. The molecule has 1 fully saturated rings. The van der Waals surface area contributed by atoms with Crippen LogP contribution in [0.15, 0.2) is 73.1 Å². The zero-order chi connectivity index (χ0) is 20.4. The zero-order valence-corrected chi connectivity index (χ0v) is 16.6. The minimum Gasteiger partial charge on any atom is -0.325 e. The number of hydrogen-bond donors (Lipinski definition) is 0. The van der Waals surface area contributed by atoms with Gasteiger partial charge in [-0.05, 0) is 37.1 Å². The molecule has 4 rings (SSSR count). The Kier molecular flexibility index (Phi) is 5.12. The predicted molar refractivity (Wildman–Crippen MR) is 114 cm³/mol. The fourth-order valence-electron chi connectivity index (χ4n) is 3.77. The van der Waals surface area contributed by atoms with E-state index in [1.54, 1.807) is 22.2 Å². The molecule has 1 aliphatic rings. The molecule has 2 heterocycles. The van der Waals surface area contributed by atoms with Gasteiger partial charge >= 0.3 is 0 Å². The molecule has 1 saturated heterocycles. The number of amides is 2. The molecular weight excluding hydrogens is 362 g/mol. The van der Waals surface area contributed by atoms with E-state index in [2.05, 4.69) is 4.98 Å². The van der Waals surface area contributed by atoms with Gasteiger partial charge in [-0.2, -0.15) is 0 Å². The van der Waals surface area contributed by atoms with Gasteiger partial charge in [0, 0.05) is 30.5 Å². The van der Waals surface area contributed by atoms with Gasteiger partial charge in [0.05, 0.1) is 11.3 Å². The molecule has 146 valence electrons. The van der Waals surface area contributed by atoms with Gasteiger partial charge in [0.2, 0.25) is 5.91 Å². The van der Waals surface area contributed by atoms with Gasteiger partial charge in [-0.3, -0.25) is 14.6 Å². The van der Waals surface area contributed by atoms with Crippen LogP contribution in [0.2, 0.25) is 0 Å². The third-order valence-electron chi connectivity index (χ3n) is 5.40. The second kappa shape index (κ2) is 7.87. The van der Waals surface area contributed by atoms with Crippen LogP contribution in [0.25, 0.3) is 11.1 Å². The summed E-state index contributed by atoms with van der Waals surface area (Å²) in [6.07, 6.45) is 3.24. The van der Waals surface area contributed by atoms with Crippen LogP contribution in [0.5, 0.6) is 0 Å². The number of anilines is 1. The van der Waals surface area contributed by atoms with Gasteiger partial charge < -0.3 is 9.80 Å². The predicted octanol–water partition coefficient (Wildman–Crippen LogP) is 3.93. The summed E-state index contributed by atoms with van der Waals surface area (Å²) < 4.78 is 0. The van der Waals surface area contributed by atoms with Crippen molar-refractivity contribution in [3.05, 3.63) is 84.2 Å². The first-order valence-electron chi connectivity index (χ1n) is 9.72. The van der Waals surface area contributed by atoms with Crippen molar-refractivity contribution in [2.75, 3.05) is 18.0 Å². The molecule has 0 N–H and O–H groups in total. The van der Waals surface area contributed by atoms with Crippen molar-refractivity contribution < 1.29 is 9.59 Å². The Labute approximate surface area is 170 Å². The van der Waals surface area contributed by atoms with Gasteiger partial charge in [0.1, 0.15) is 6.54 Å². The normalized spacial score (nSPS) is 16.8. The number of aromatic nitrogens is 1. The molecular formula is C24H23N3O2. The molecule has 0 saturated carbocycles. The Bertz CT molecular complexity index is 1050. The number of aryl methyl sites for hydroxylation is 1. The van der Waals surface area contributed by atoms with Crippen molar-refractivity contribution in [3.63, 3.8) is 0 Å². The Hall–Kier alpha value is -3.47. The van der Waals surface area contributed by atoms with Gasteiger partial charge in [-0.25, -0.2) is 0 Å². The van der Waals surface area contributed by atoms with E-state index in [0.29, 0.717) is 12.1 Å². The second-order valence-electron chi connectivity index (χ2n) is 7.36. The number of carbonyl (C=O) groups is 2. The molecule has 0 spiro atoms. The van der Waals surface area contributed by atoms with Crippen LogP contribution < -0.4 is 4.90 Å². The number of piperazine rings is 1. The van der Waals surface area contributed by atoms with Crippen LogP contribution in [0.4, 0.5) is 5.69 Å². The fraction of sp³-hybridized carbons (Fsp3) is 0.208. The molecule has 5 nitrogen and oxygen atoms in total. The first kappa shape index (κ1) is 18.9. The lowest BCUT2D eigenvalue weighted by Crippen LogP contribution is -2.57. The van der Waals surface area contributed by atoms with Crippen molar-refractivity contribution in [1.82, 2.24) is 9.88 Å². The van der Waals surface area contributed by atoms with Gasteiger partial charge in [0.25, 0.3) is 5.91 Å². The van der Waals surface area contributed by atoms with E-state index < -0.39 is 0 Å². The second-order valence-corrected chi connectivity index (χ2v) is 7.36. The van der Waals surface area contributed by atoms with Crippen LogP contribution in [-0.4, -0.2) is 40.8 Å². The monoisotopic (exact) mass is 385 g/mol. The highest BCUT2D eigenvalue weighted by molar-refractivity contribution is 6.04. The molecule has 2 amide bonds. The summed E-state index contributed by atoms with van der Waals surface area (Å²) in [4.78, 5) is 33.6. The van der Waals surface area contributed by atoms with E-state index >= 15 is 0 Å². The van der Waals surface area contributed by atoms with Crippen molar-refractivity contribution in [3.8, 4) is 11.1 Å². The Morgan fingerprint density at radius 3 is 2.52 bits per heavy atom. The highest BCUT2D eigenvalue weighted by Gasteiger charge is 2.35. The first-order valence-corrected chi connectivity index (χ1v) is 9.72. The smallest absolute Gasteiger partial charge is 0.256 e. The molecule has 0 radical (unpaired) electrons. The third-order valence-corrected chi connectivity index (χ3v) is 5.40. The van der Waals surface area contributed by atoms with Crippen LogP contribution in [0.3, 0.4) is 0 Å². The van der Waals surface area contributed by atoms with E-state index in [9.17, 15) is 9.59 Å². The Morgan fingerprint density at radius 2 is 1.76 bits per heavy atom. The summed E-state index contributed by atoms with van der Waals surface area (Å²) in [5.41, 5.74) is 4.36. The minimum atomic E-state index is -0.146. The summed E-state index contributed by atoms with van der Waals surface area (Å²) >= 11 is 0. The van der Waals surface area contributed by atoms with Crippen LogP contribution in [0, 0.1) is 6.92 Å². The Morgan fingerprint density at radius 1 is 1.03 bits per heavy atom. The van der Waals surface area contributed by atoms with Gasteiger partial charge in [-0.15, -0.1) is 0 Å². The van der Waals surface area contributed by atoms with Gasteiger partial charge in [-0.1, -0.05) is 48.5 Å².